The van der Waals surface area contributed by atoms with E-state index in [1.165, 1.54) is 0 Å². The molecule has 10 heteroatoms. The first-order valence-corrected chi connectivity index (χ1v) is 7.72. The normalized spacial score (nSPS) is 15.2. The topological polar surface area (TPSA) is 113 Å². The molecule has 0 atom stereocenters. The summed E-state index contributed by atoms with van der Waals surface area (Å²) in [5, 5.41) is 1.87. The molecule has 0 aliphatic carbocycles. The van der Waals surface area contributed by atoms with E-state index in [1.807, 2.05) is 19.3 Å². The predicted octanol–water partition coefficient (Wildman–Crippen LogP) is 3.07. The van der Waals surface area contributed by atoms with E-state index >= 15 is 0 Å². The molecule has 2 aromatic rings. The van der Waals surface area contributed by atoms with Crippen LogP contribution >= 0.6 is 11.6 Å². The van der Waals surface area contributed by atoms with Gasteiger partial charge in [0.15, 0.2) is 11.6 Å². The van der Waals surface area contributed by atoms with Crippen LogP contribution < -0.4 is 16.6 Å². The van der Waals surface area contributed by atoms with Crippen LogP contribution in [0.3, 0.4) is 0 Å². The molecule has 1 amide bonds. The number of amides is 1. The van der Waals surface area contributed by atoms with Gasteiger partial charge >= 0.3 is 0 Å². The number of fused-ring (bicyclic) bond motifs is 3. The highest BCUT2D eigenvalue weighted by atomic mass is 35.5. The summed E-state index contributed by atoms with van der Waals surface area (Å²) in [6, 6.07) is 0. The van der Waals surface area contributed by atoms with E-state index in [-0.39, 0.29) is 16.5 Å². The molecule has 2 heterocycles. The first-order chi connectivity index (χ1) is 11.6. The van der Waals surface area contributed by atoms with Crippen LogP contribution in [0.1, 0.15) is 36.3 Å². The van der Waals surface area contributed by atoms with Crippen LogP contribution in [0, 0.1) is 17.2 Å². The van der Waals surface area contributed by atoms with E-state index in [0.29, 0.717) is 18.5 Å². The standard InChI is InChI=1S/C15H14ClF2N5O2/c1-15(2)4-3-5-6(14(19)25)13(24)7-11(21-22-20)10(18)9(17)8(16)12(7)23(5)15/h3-4H2,1-2H3,(H2,19,25)(H2,20,21). The number of benzene rings is 1. The Balaban J connectivity index is 2.71. The van der Waals surface area contributed by atoms with Crippen molar-refractivity contribution in [2.24, 2.45) is 11.0 Å². The summed E-state index contributed by atoms with van der Waals surface area (Å²) in [5.74, 6) is -3.80. The number of hydrogen-bond acceptors (Lipinski definition) is 4. The van der Waals surface area contributed by atoms with Crippen molar-refractivity contribution in [3.8, 4) is 0 Å². The van der Waals surface area contributed by atoms with Crippen molar-refractivity contribution in [3.63, 3.8) is 0 Å². The predicted molar refractivity (Wildman–Crippen MR) is 88.1 cm³/mol. The van der Waals surface area contributed by atoms with Crippen LogP contribution in [0.4, 0.5) is 14.5 Å². The average molecular weight is 370 g/mol. The van der Waals surface area contributed by atoms with Gasteiger partial charge in [0.05, 0.1) is 10.9 Å². The molecular formula is C15H14ClF2N5O2. The van der Waals surface area contributed by atoms with E-state index in [9.17, 15) is 18.4 Å². The molecule has 25 heavy (non-hydrogen) atoms. The van der Waals surface area contributed by atoms with Crippen LogP contribution in [0.5, 0.6) is 0 Å². The number of pyridine rings is 1. The maximum atomic E-state index is 14.3. The van der Waals surface area contributed by atoms with Gasteiger partial charge in [0.1, 0.15) is 16.3 Å². The Kier molecular flexibility index (Phi) is 3.79. The summed E-state index contributed by atoms with van der Waals surface area (Å²) in [6.45, 7) is 3.63. The zero-order chi connectivity index (χ0) is 18.7. The molecule has 0 bridgehead atoms. The van der Waals surface area contributed by atoms with Crippen molar-refractivity contribution in [1.82, 2.24) is 4.57 Å². The highest BCUT2D eigenvalue weighted by Crippen LogP contribution is 2.41. The average Bonchev–Trinajstić information content (AvgIpc) is 2.83. The molecule has 7 nitrogen and oxygen atoms in total. The molecule has 3 rings (SSSR count). The van der Waals surface area contributed by atoms with Crippen molar-refractivity contribution < 1.29 is 13.6 Å². The number of primary amides is 1. The van der Waals surface area contributed by atoms with Gasteiger partial charge in [-0.15, -0.1) is 0 Å². The molecule has 1 aliphatic heterocycles. The summed E-state index contributed by atoms with van der Waals surface area (Å²) >= 11 is 6.02. The second-order valence-corrected chi connectivity index (χ2v) is 6.81. The Bertz CT molecular complexity index is 1020. The van der Waals surface area contributed by atoms with E-state index < -0.39 is 39.2 Å². The van der Waals surface area contributed by atoms with Gasteiger partial charge in [-0.05, 0) is 26.7 Å². The summed E-state index contributed by atoms with van der Waals surface area (Å²) in [4.78, 5) is 24.7. The summed E-state index contributed by atoms with van der Waals surface area (Å²) in [7, 11) is 0. The Hall–Kier alpha value is -2.55. The minimum Gasteiger partial charge on any atom is -0.365 e. The van der Waals surface area contributed by atoms with Gasteiger partial charge in [0.2, 0.25) is 5.43 Å². The van der Waals surface area contributed by atoms with Crippen LogP contribution in [0.25, 0.3) is 10.9 Å². The van der Waals surface area contributed by atoms with E-state index in [4.69, 9.17) is 22.9 Å². The Morgan fingerprint density at radius 3 is 2.60 bits per heavy atom. The molecule has 0 saturated carbocycles. The quantitative estimate of drug-likeness (QED) is 0.439. The van der Waals surface area contributed by atoms with E-state index in [2.05, 4.69) is 5.22 Å². The number of rotatable bonds is 3. The number of carbonyl (C=O) groups is 1. The molecule has 0 spiro atoms. The zero-order valence-electron chi connectivity index (χ0n) is 13.3. The van der Waals surface area contributed by atoms with Crippen molar-refractivity contribution in [2.75, 3.05) is 5.43 Å². The maximum absolute atomic E-state index is 14.3. The number of aromatic nitrogens is 1. The van der Waals surface area contributed by atoms with Gasteiger partial charge in [0, 0.05) is 11.2 Å². The lowest BCUT2D eigenvalue weighted by Gasteiger charge is -2.27. The molecule has 132 valence electrons. The first-order valence-electron chi connectivity index (χ1n) is 7.34. The number of hydrogen-bond donors (Lipinski definition) is 3. The third-order valence-electron chi connectivity index (χ3n) is 4.53. The highest BCUT2D eigenvalue weighted by molar-refractivity contribution is 6.36. The van der Waals surface area contributed by atoms with Gasteiger partial charge in [-0.3, -0.25) is 15.0 Å². The SMILES string of the molecule is CC1(C)CCc2c(C(N)=O)c(=O)c3c(NN=N)c(F)c(F)c(Cl)c3n21. The molecule has 1 aromatic carbocycles. The van der Waals surface area contributed by atoms with Gasteiger partial charge in [0.25, 0.3) is 5.91 Å². The summed E-state index contributed by atoms with van der Waals surface area (Å²) in [5.41, 5.74) is 12.0. The van der Waals surface area contributed by atoms with Crippen LogP contribution in [-0.2, 0) is 12.0 Å². The number of nitrogens with two attached hydrogens (primary N) is 1. The smallest absolute Gasteiger partial charge is 0.254 e. The third kappa shape index (κ3) is 2.22. The molecule has 1 aromatic heterocycles. The molecular weight excluding hydrogens is 356 g/mol. The van der Waals surface area contributed by atoms with E-state index in [0.717, 1.165) is 0 Å². The number of nitrogens with one attached hydrogen (secondary N) is 2. The molecule has 1 aliphatic rings. The molecule has 0 saturated heterocycles. The molecule has 4 N–H and O–H groups in total. The van der Waals surface area contributed by atoms with Crippen molar-refractivity contribution in [1.29, 1.82) is 5.53 Å². The minimum absolute atomic E-state index is 0.0563. The zero-order valence-corrected chi connectivity index (χ0v) is 14.1. The minimum atomic E-state index is -1.46. The second-order valence-electron chi connectivity index (χ2n) is 6.43. The van der Waals surface area contributed by atoms with E-state index in [1.54, 1.807) is 4.57 Å². The lowest BCUT2D eigenvalue weighted by atomic mass is 10.0. The fourth-order valence-electron chi connectivity index (χ4n) is 3.44. The lowest BCUT2D eigenvalue weighted by molar-refractivity contribution is 0.0998. The van der Waals surface area contributed by atoms with Crippen molar-refractivity contribution >= 4 is 34.1 Å². The van der Waals surface area contributed by atoms with Crippen molar-refractivity contribution in [3.05, 3.63) is 38.1 Å². The second kappa shape index (κ2) is 5.48. The first kappa shape index (κ1) is 17.3. The number of carbonyl (C=O) groups excluding carboxylic acids is 1. The van der Waals surface area contributed by atoms with Gasteiger partial charge in [-0.1, -0.05) is 16.8 Å². The Morgan fingerprint density at radius 1 is 1.40 bits per heavy atom. The largest absolute Gasteiger partial charge is 0.365 e. The summed E-state index contributed by atoms with van der Waals surface area (Å²) < 4.78 is 30.2. The van der Waals surface area contributed by atoms with Gasteiger partial charge < -0.3 is 10.3 Å². The molecule has 0 radical (unpaired) electrons. The number of halogens is 3. The highest BCUT2D eigenvalue weighted by Gasteiger charge is 2.37. The fourth-order valence-corrected chi connectivity index (χ4v) is 3.70. The Labute approximate surface area is 145 Å². The maximum Gasteiger partial charge on any atom is 0.254 e. The molecule has 0 unspecified atom stereocenters. The number of anilines is 1. The Morgan fingerprint density at radius 2 is 2.04 bits per heavy atom. The van der Waals surface area contributed by atoms with Gasteiger partial charge in [-0.25, -0.2) is 8.78 Å². The van der Waals surface area contributed by atoms with Crippen LogP contribution in [-0.4, -0.2) is 10.5 Å². The van der Waals surface area contributed by atoms with Crippen molar-refractivity contribution in [2.45, 2.75) is 32.2 Å². The van der Waals surface area contributed by atoms with Crippen LogP contribution in [0.2, 0.25) is 5.02 Å². The fraction of sp³-hybridized carbons (Fsp3) is 0.333. The monoisotopic (exact) mass is 369 g/mol. The lowest BCUT2D eigenvalue weighted by Crippen LogP contribution is -2.31. The summed E-state index contributed by atoms with van der Waals surface area (Å²) in [6.07, 6.45) is 0.907. The van der Waals surface area contributed by atoms with Crippen LogP contribution in [0.15, 0.2) is 10.0 Å². The van der Waals surface area contributed by atoms with Gasteiger partial charge in [-0.2, -0.15) is 5.53 Å². The molecule has 0 fully saturated rings. The third-order valence-corrected chi connectivity index (χ3v) is 4.87. The number of nitrogens with zero attached hydrogens (tertiary/aromatic N) is 2.